The lowest BCUT2D eigenvalue weighted by Crippen LogP contribution is -2.24. The SMILES string of the molecule is CCc1nnc(CNC(=O)C[C@@H](C)c2cccc(C(F)(F)F)c2)o1. The van der Waals surface area contributed by atoms with Crippen LogP contribution in [0.1, 0.15) is 49.1 Å². The van der Waals surface area contributed by atoms with Crippen LogP contribution in [0.2, 0.25) is 0 Å². The van der Waals surface area contributed by atoms with Crippen LogP contribution < -0.4 is 5.32 Å². The van der Waals surface area contributed by atoms with E-state index >= 15 is 0 Å². The molecule has 0 aliphatic carbocycles. The number of nitrogens with zero attached hydrogens (tertiary/aromatic N) is 2. The van der Waals surface area contributed by atoms with Crippen molar-refractivity contribution in [3.8, 4) is 0 Å². The molecule has 24 heavy (non-hydrogen) atoms. The Balaban J connectivity index is 1.91. The van der Waals surface area contributed by atoms with Gasteiger partial charge in [0.2, 0.25) is 17.7 Å². The van der Waals surface area contributed by atoms with Crippen LogP contribution in [0.25, 0.3) is 0 Å². The van der Waals surface area contributed by atoms with Gasteiger partial charge in [-0.3, -0.25) is 4.79 Å². The zero-order valence-electron chi connectivity index (χ0n) is 13.4. The van der Waals surface area contributed by atoms with Crippen molar-refractivity contribution < 1.29 is 22.4 Å². The van der Waals surface area contributed by atoms with E-state index in [1.807, 2.05) is 6.92 Å². The number of hydrogen-bond acceptors (Lipinski definition) is 4. The van der Waals surface area contributed by atoms with E-state index in [2.05, 4.69) is 15.5 Å². The van der Waals surface area contributed by atoms with E-state index in [0.717, 1.165) is 12.1 Å². The number of aryl methyl sites for hydroxylation is 1. The summed E-state index contributed by atoms with van der Waals surface area (Å²) >= 11 is 0. The van der Waals surface area contributed by atoms with E-state index in [9.17, 15) is 18.0 Å². The molecule has 0 bridgehead atoms. The third kappa shape index (κ3) is 4.81. The third-order valence-electron chi connectivity index (χ3n) is 3.52. The Morgan fingerprint density at radius 1 is 1.29 bits per heavy atom. The number of aromatic nitrogens is 2. The van der Waals surface area contributed by atoms with Crippen molar-refractivity contribution in [2.24, 2.45) is 0 Å². The summed E-state index contributed by atoms with van der Waals surface area (Å²) in [4.78, 5) is 11.9. The molecule has 1 aromatic heterocycles. The molecule has 0 aliphatic rings. The van der Waals surface area contributed by atoms with E-state index < -0.39 is 11.7 Å². The van der Waals surface area contributed by atoms with E-state index in [0.29, 0.717) is 23.8 Å². The summed E-state index contributed by atoms with van der Waals surface area (Å²) in [6.07, 6.45) is -3.73. The molecule has 8 heteroatoms. The molecular formula is C16H18F3N3O2. The van der Waals surface area contributed by atoms with Crippen LogP contribution in [0.3, 0.4) is 0 Å². The average Bonchev–Trinajstić information content (AvgIpc) is 3.00. The number of carbonyl (C=O) groups is 1. The lowest BCUT2D eigenvalue weighted by molar-refractivity contribution is -0.137. The van der Waals surface area contributed by atoms with Gasteiger partial charge >= 0.3 is 6.18 Å². The summed E-state index contributed by atoms with van der Waals surface area (Å²) < 4.78 is 43.5. The van der Waals surface area contributed by atoms with Gasteiger partial charge in [-0.25, -0.2) is 0 Å². The van der Waals surface area contributed by atoms with E-state index in [-0.39, 0.29) is 24.8 Å². The summed E-state index contributed by atoms with van der Waals surface area (Å²) in [5, 5.41) is 10.2. The fourth-order valence-corrected chi connectivity index (χ4v) is 2.17. The van der Waals surface area contributed by atoms with Crippen molar-refractivity contribution in [3.63, 3.8) is 0 Å². The Hall–Kier alpha value is -2.38. The number of carbonyl (C=O) groups excluding carboxylic acids is 1. The van der Waals surface area contributed by atoms with Gasteiger partial charge in [0.15, 0.2) is 0 Å². The first-order valence-corrected chi connectivity index (χ1v) is 7.54. The molecule has 0 radical (unpaired) electrons. The number of benzene rings is 1. The second kappa shape index (κ2) is 7.46. The summed E-state index contributed by atoms with van der Waals surface area (Å²) in [6, 6.07) is 5.01. The molecule has 0 saturated carbocycles. The van der Waals surface area contributed by atoms with Crippen molar-refractivity contribution in [2.45, 2.75) is 45.3 Å². The van der Waals surface area contributed by atoms with Gasteiger partial charge in [0.1, 0.15) is 0 Å². The van der Waals surface area contributed by atoms with Gasteiger partial charge in [0.05, 0.1) is 12.1 Å². The quantitative estimate of drug-likeness (QED) is 0.874. The molecule has 1 aromatic carbocycles. The average molecular weight is 341 g/mol. The minimum Gasteiger partial charge on any atom is -0.423 e. The van der Waals surface area contributed by atoms with Crippen molar-refractivity contribution in [2.75, 3.05) is 0 Å². The van der Waals surface area contributed by atoms with Gasteiger partial charge in [-0.05, 0) is 17.5 Å². The number of alkyl halides is 3. The topological polar surface area (TPSA) is 68.0 Å². The highest BCUT2D eigenvalue weighted by Crippen LogP contribution is 2.31. The maximum Gasteiger partial charge on any atom is 0.416 e. The van der Waals surface area contributed by atoms with E-state index in [1.165, 1.54) is 6.07 Å². The molecule has 2 aromatic rings. The van der Waals surface area contributed by atoms with Crippen molar-refractivity contribution in [3.05, 3.63) is 47.2 Å². The van der Waals surface area contributed by atoms with Crippen molar-refractivity contribution in [1.29, 1.82) is 0 Å². The van der Waals surface area contributed by atoms with Crippen LogP contribution in [-0.4, -0.2) is 16.1 Å². The predicted molar refractivity (Wildman–Crippen MR) is 80.0 cm³/mol. The maximum atomic E-state index is 12.7. The molecule has 130 valence electrons. The molecule has 5 nitrogen and oxygen atoms in total. The second-order valence-corrected chi connectivity index (χ2v) is 5.45. The maximum absolute atomic E-state index is 12.7. The van der Waals surface area contributed by atoms with E-state index in [4.69, 9.17) is 4.42 Å². The van der Waals surface area contributed by atoms with Crippen LogP contribution in [-0.2, 0) is 23.9 Å². The van der Waals surface area contributed by atoms with Crippen molar-refractivity contribution >= 4 is 5.91 Å². The van der Waals surface area contributed by atoms with Gasteiger partial charge in [-0.1, -0.05) is 32.0 Å². The number of rotatable bonds is 6. The van der Waals surface area contributed by atoms with Gasteiger partial charge < -0.3 is 9.73 Å². The summed E-state index contributed by atoms with van der Waals surface area (Å²) in [5.74, 6) is 0.140. The minimum absolute atomic E-state index is 0.0656. The van der Waals surface area contributed by atoms with Crippen LogP contribution in [0.15, 0.2) is 28.7 Å². The number of amides is 1. The van der Waals surface area contributed by atoms with Crippen molar-refractivity contribution in [1.82, 2.24) is 15.5 Å². The first-order valence-electron chi connectivity index (χ1n) is 7.54. The first-order chi connectivity index (χ1) is 11.3. The zero-order chi connectivity index (χ0) is 17.7. The summed E-state index contributed by atoms with van der Waals surface area (Å²) in [6.45, 7) is 3.67. The summed E-state index contributed by atoms with van der Waals surface area (Å²) in [7, 11) is 0. The second-order valence-electron chi connectivity index (χ2n) is 5.45. The predicted octanol–water partition coefficient (Wildman–Crippen LogP) is 3.46. The highest BCUT2D eigenvalue weighted by molar-refractivity contribution is 5.76. The largest absolute Gasteiger partial charge is 0.423 e. The van der Waals surface area contributed by atoms with Crippen LogP contribution >= 0.6 is 0 Å². The van der Waals surface area contributed by atoms with Gasteiger partial charge in [-0.15, -0.1) is 10.2 Å². The lowest BCUT2D eigenvalue weighted by atomic mass is 9.95. The highest BCUT2D eigenvalue weighted by Gasteiger charge is 2.30. The fraction of sp³-hybridized carbons (Fsp3) is 0.438. The Morgan fingerprint density at radius 2 is 2.00 bits per heavy atom. The molecule has 1 heterocycles. The molecule has 0 aliphatic heterocycles. The minimum atomic E-state index is -4.40. The molecule has 0 saturated heterocycles. The number of hydrogen-bond donors (Lipinski definition) is 1. The molecule has 1 atom stereocenters. The molecule has 1 N–H and O–H groups in total. The molecule has 1 amide bonds. The lowest BCUT2D eigenvalue weighted by Gasteiger charge is -2.14. The molecule has 0 fully saturated rings. The Labute approximate surface area is 137 Å². The Bertz CT molecular complexity index is 698. The Kier molecular flexibility index (Phi) is 5.58. The zero-order valence-corrected chi connectivity index (χ0v) is 13.4. The van der Waals surface area contributed by atoms with Crippen LogP contribution in [0, 0.1) is 0 Å². The Morgan fingerprint density at radius 3 is 2.62 bits per heavy atom. The summed E-state index contributed by atoms with van der Waals surface area (Å²) in [5.41, 5.74) is -0.253. The van der Waals surface area contributed by atoms with Gasteiger partial charge in [0, 0.05) is 12.8 Å². The third-order valence-corrected chi connectivity index (χ3v) is 3.52. The van der Waals surface area contributed by atoms with Crippen LogP contribution in [0.5, 0.6) is 0 Å². The molecular weight excluding hydrogens is 323 g/mol. The number of nitrogens with one attached hydrogen (secondary N) is 1. The van der Waals surface area contributed by atoms with E-state index in [1.54, 1.807) is 13.0 Å². The normalized spacial score (nSPS) is 12.9. The molecule has 2 rings (SSSR count). The number of halogens is 3. The standard InChI is InChI=1S/C16H18F3N3O2/c1-3-14-21-22-15(24-14)9-20-13(23)7-10(2)11-5-4-6-12(8-11)16(17,18)19/h4-6,8,10H,3,7,9H2,1-2H3,(H,20,23)/t10-/m1/s1. The van der Waals surface area contributed by atoms with Gasteiger partial charge in [-0.2, -0.15) is 13.2 Å². The monoisotopic (exact) mass is 341 g/mol. The smallest absolute Gasteiger partial charge is 0.416 e. The van der Waals surface area contributed by atoms with Crippen LogP contribution in [0.4, 0.5) is 13.2 Å². The fourth-order valence-electron chi connectivity index (χ4n) is 2.17. The molecule has 0 unspecified atom stereocenters. The highest BCUT2D eigenvalue weighted by atomic mass is 19.4. The molecule has 0 spiro atoms. The van der Waals surface area contributed by atoms with Gasteiger partial charge in [0.25, 0.3) is 0 Å². The first kappa shape index (κ1) is 18.0.